The smallest absolute Gasteiger partial charge is 0.228 e. The molecule has 7 heteroatoms. The van der Waals surface area contributed by atoms with Crippen LogP contribution in [0, 0.1) is 0 Å². The van der Waals surface area contributed by atoms with E-state index in [9.17, 15) is 0 Å². The second kappa shape index (κ2) is 10.7. The number of aliphatic imine (C=N–C) groups is 1. The first kappa shape index (κ1) is 19.2. The van der Waals surface area contributed by atoms with Crippen LogP contribution in [0.3, 0.4) is 0 Å². The number of nitrogens with zero attached hydrogens (tertiary/aromatic N) is 3. The van der Waals surface area contributed by atoms with Crippen LogP contribution in [0.15, 0.2) is 33.8 Å². The summed E-state index contributed by atoms with van der Waals surface area (Å²) in [5, 5.41) is 11.2. The maximum atomic E-state index is 5.99. The number of nitrogens with one attached hydrogen (secondary N) is 2. The number of aromatic nitrogens is 2. The third-order valence-electron chi connectivity index (χ3n) is 3.56. The molecule has 0 saturated heterocycles. The standard InChI is InChI=1S/C18H26ClN5O/c1-3-5-6-11-21-18(20-4-2)22-12-10-16-23-17(24-25-16)14-8-7-9-15(19)13-14/h7-9,13H,3-6,10-12H2,1-2H3,(H2,20,21,22). The van der Waals surface area contributed by atoms with Crippen molar-refractivity contribution >= 4 is 17.6 Å². The second-order valence-electron chi connectivity index (χ2n) is 5.67. The van der Waals surface area contributed by atoms with E-state index in [1.54, 1.807) is 0 Å². The molecule has 0 bridgehead atoms. The number of rotatable bonds is 9. The highest BCUT2D eigenvalue weighted by atomic mass is 35.5. The van der Waals surface area contributed by atoms with E-state index >= 15 is 0 Å². The van der Waals surface area contributed by atoms with Gasteiger partial charge in [0.05, 0.1) is 0 Å². The molecule has 2 rings (SSSR count). The first-order valence-corrected chi connectivity index (χ1v) is 9.21. The van der Waals surface area contributed by atoms with Gasteiger partial charge < -0.3 is 15.2 Å². The lowest BCUT2D eigenvalue weighted by Gasteiger charge is -2.10. The molecule has 0 unspecified atom stereocenters. The summed E-state index contributed by atoms with van der Waals surface area (Å²) < 4.78 is 5.31. The minimum Gasteiger partial charge on any atom is -0.357 e. The Morgan fingerprint density at radius 3 is 2.88 bits per heavy atom. The SMILES string of the molecule is CCCCCN=C(NCC)NCCc1nc(-c2cccc(Cl)c2)no1. The van der Waals surface area contributed by atoms with Gasteiger partial charge in [-0.15, -0.1) is 0 Å². The molecule has 0 saturated carbocycles. The summed E-state index contributed by atoms with van der Waals surface area (Å²) in [5.41, 5.74) is 0.848. The Morgan fingerprint density at radius 2 is 2.12 bits per heavy atom. The fourth-order valence-corrected chi connectivity index (χ4v) is 2.47. The van der Waals surface area contributed by atoms with Crippen molar-refractivity contribution < 1.29 is 4.52 Å². The zero-order valence-corrected chi connectivity index (χ0v) is 15.6. The number of hydrogen-bond donors (Lipinski definition) is 2. The van der Waals surface area contributed by atoms with Crippen LogP contribution in [0.5, 0.6) is 0 Å². The van der Waals surface area contributed by atoms with Crippen molar-refractivity contribution in [1.82, 2.24) is 20.8 Å². The monoisotopic (exact) mass is 363 g/mol. The van der Waals surface area contributed by atoms with Crippen LogP contribution in [0.1, 0.15) is 39.0 Å². The van der Waals surface area contributed by atoms with Crippen LogP contribution in [0.25, 0.3) is 11.4 Å². The molecule has 25 heavy (non-hydrogen) atoms. The molecule has 0 spiro atoms. The molecule has 1 aromatic carbocycles. The zero-order valence-electron chi connectivity index (χ0n) is 14.9. The van der Waals surface area contributed by atoms with Gasteiger partial charge in [0, 0.05) is 36.6 Å². The first-order valence-electron chi connectivity index (χ1n) is 8.83. The number of unbranched alkanes of at least 4 members (excludes halogenated alkanes) is 2. The molecule has 0 amide bonds. The van der Waals surface area contributed by atoms with Gasteiger partial charge in [-0.1, -0.05) is 48.7 Å². The van der Waals surface area contributed by atoms with Crippen LogP contribution < -0.4 is 10.6 Å². The average Bonchev–Trinajstić information content (AvgIpc) is 3.07. The van der Waals surface area contributed by atoms with Gasteiger partial charge in [0.15, 0.2) is 5.96 Å². The molecule has 136 valence electrons. The van der Waals surface area contributed by atoms with Crippen molar-refractivity contribution in [3.8, 4) is 11.4 Å². The average molecular weight is 364 g/mol. The molecule has 0 fully saturated rings. The van der Waals surface area contributed by atoms with Gasteiger partial charge in [-0.05, 0) is 25.5 Å². The minimum atomic E-state index is 0.553. The molecule has 6 nitrogen and oxygen atoms in total. The van der Waals surface area contributed by atoms with Crippen molar-refractivity contribution in [1.29, 1.82) is 0 Å². The van der Waals surface area contributed by atoms with Gasteiger partial charge in [-0.3, -0.25) is 4.99 Å². The number of hydrogen-bond acceptors (Lipinski definition) is 4. The van der Waals surface area contributed by atoms with Crippen molar-refractivity contribution in [3.63, 3.8) is 0 Å². The quantitative estimate of drug-likeness (QED) is 0.404. The summed E-state index contributed by atoms with van der Waals surface area (Å²) in [5.74, 6) is 1.97. The van der Waals surface area contributed by atoms with E-state index in [1.165, 1.54) is 12.8 Å². The van der Waals surface area contributed by atoms with E-state index in [1.807, 2.05) is 24.3 Å². The van der Waals surface area contributed by atoms with Gasteiger partial charge in [-0.25, -0.2) is 0 Å². The Balaban J connectivity index is 1.84. The molecular formula is C18H26ClN5O. The van der Waals surface area contributed by atoms with Crippen molar-refractivity contribution in [3.05, 3.63) is 35.2 Å². The molecule has 1 aromatic heterocycles. The third kappa shape index (κ3) is 6.74. The van der Waals surface area contributed by atoms with Crippen LogP contribution in [0.2, 0.25) is 5.02 Å². The zero-order chi connectivity index (χ0) is 17.9. The summed E-state index contributed by atoms with van der Waals surface area (Å²) in [4.78, 5) is 8.97. The predicted molar refractivity (Wildman–Crippen MR) is 102 cm³/mol. The van der Waals surface area contributed by atoms with Crippen LogP contribution in [-0.2, 0) is 6.42 Å². The summed E-state index contributed by atoms with van der Waals surface area (Å²) in [7, 11) is 0. The predicted octanol–water partition coefficient (Wildman–Crippen LogP) is 3.68. The van der Waals surface area contributed by atoms with Gasteiger partial charge >= 0.3 is 0 Å². The van der Waals surface area contributed by atoms with Gasteiger partial charge in [0.2, 0.25) is 11.7 Å². The Bertz CT molecular complexity index is 671. The van der Waals surface area contributed by atoms with Crippen LogP contribution in [-0.4, -0.2) is 35.7 Å². The maximum Gasteiger partial charge on any atom is 0.228 e. The summed E-state index contributed by atoms with van der Waals surface area (Å²) in [6.45, 7) is 6.59. The molecule has 1 heterocycles. The van der Waals surface area contributed by atoms with Gasteiger partial charge in [0.1, 0.15) is 0 Å². The van der Waals surface area contributed by atoms with Crippen molar-refractivity contribution in [2.75, 3.05) is 19.6 Å². The van der Waals surface area contributed by atoms with E-state index in [0.717, 1.165) is 31.0 Å². The lowest BCUT2D eigenvalue weighted by atomic mass is 10.2. The minimum absolute atomic E-state index is 0.553. The first-order chi connectivity index (χ1) is 12.2. The van der Waals surface area contributed by atoms with E-state index in [0.29, 0.717) is 29.7 Å². The van der Waals surface area contributed by atoms with Crippen molar-refractivity contribution in [2.45, 2.75) is 39.5 Å². The molecule has 0 radical (unpaired) electrons. The third-order valence-corrected chi connectivity index (χ3v) is 3.79. The summed E-state index contributed by atoms with van der Waals surface area (Å²) in [6.07, 6.45) is 4.15. The fraction of sp³-hybridized carbons (Fsp3) is 0.500. The molecule has 2 aromatic rings. The number of halogens is 1. The fourth-order valence-electron chi connectivity index (χ4n) is 2.28. The highest BCUT2D eigenvalue weighted by Crippen LogP contribution is 2.19. The van der Waals surface area contributed by atoms with E-state index in [-0.39, 0.29) is 0 Å². The van der Waals surface area contributed by atoms with E-state index in [2.05, 4.69) is 39.6 Å². The molecule has 2 N–H and O–H groups in total. The number of benzene rings is 1. The van der Waals surface area contributed by atoms with Crippen molar-refractivity contribution in [2.24, 2.45) is 4.99 Å². The molecule has 0 aliphatic rings. The topological polar surface area (TPSA) is 75.3 Å². The van der Waals surface area contributed by atoms with Crippen LogP contribution in [0.4, 0.5) is 0 Å². The molecule has 0 aliphatic carbocycles. The molecular weight excluding hydrogens is 338 g/mol. The van der Waals surface area contributed by atoms with Gasteiger partial charge in [-0.2, -0.15) is 4.98 Å². The Morgan fingerprint density at radius 1 is 1.24 bits per heavy atom. The normalized spacial score (nSPS) is 11.6. The lowest BCUT2D eigenvalue weighted by molar-refractivity contribution is 0.378. The Kier molecular flexibility index (Phi) is 8.25. The Hall–Kier alpha value is -2.08. The highest BCUT2D eigenvalue weighted by molar-refractivity contribution is 6.30. The van der Waals surface area contributed by atoms with E-state index in [4.69, 9.17) is 16.1 Å². The Labute approximate surface area is 154 Å². The summed E-state index contributed by atoms with van der Waals surface area (Å²) >= 11 is 5.99. The molecule has 0 atom stereocenters. The second-order valence-corrected chi connectivity index (χ2v) is 6.10. The lowest BCUT2D eigenvalue weighted by Crippen LogP contribution is -2.38. The van der Waals surface area contributed by atoms with E-state index < -0.39 is 0 Å². The summed E-state index contributed by atoms with van der Waals surface area (Å²) in [6, 6.07) is 7.41. The molecule has 0 aliphatic heterocycles. The number of guanidine groups is 1. The van der Waals surface area contributed by atoms with Gasteiger partial charge in [0.25, 0.3) is 0 Å². The highest BCUT2D eigenvalue weighted by Gasteiger charge is 2.09. The van der Waals surface area contributed by atoms with Crippen LogP contribution >= 0.6 is 11.6 Å². The maximum absolute atomic E-state index is 5.99. The largest absolute Gasteiger partial charge is 0.357 e.